The Balaban J connectivity index is 1.95. The van der Waals surface area contributed by atoms with E-state index in [9.17, 15) is 13.2 Å². The highest BCUT2D eigenvalue weighted by atomic mass is 32.1. The first-order valence-electron chi connectivity index (χ1n) is 5.84. The van der Waals surface area contributed by atoms with Gasteiger partial charge in [-0.15, -0.1) is 11.3 Å². The van der Waals surface area contributed by atoms with Gasteiger partial charge in [-0.1, -0.05) is 11.2 Å². The highest BCUT2D eigenvalue weighted by Gasteiger charge is 2.20. The maximum atomic E-state index is 13.2. The molecule has 2 aromatic heterocycles. The van der Waals surface area contributed by atoms with Crippen molar-refractivity contribution in [2.24, 2.45) is 5.73 Å². The summed E-state index contributed by atoms with van der Waals surface area (Å²) in [7, 11) is 0. The minimum absolute atomic E-state index is 0.0280. The summed E-state index contributed by atoms with van der Waals surface area (Å²) >= 11 is 1.42. The molecule has 0 radical (unpaired) electrons. The zero-order valence-corrected chi connectivity index (χ0v) is 11.2. The van der Waals surface area contributed by atoms with Gasteiger partial charge >= 0.3 is 0 Å². The van der Waals surface area contributed by atoms with Crippen LogP contribution in [0.1, 0.15) is 16.8 Å². The van der Waals surface area contributed by atoms with E-state index in [1.54, 1.807) is 6.07 Å². The molecule has 0 aliphatic carbocycles. The summed E-state index contributed by atoms with van der Waals surface area (Å²) in [4.78, 5) is 4.80. The molecule has 3 aromatic rings. The number of thiophene rings is 1. The molecule has 0 saturated heterocycles. The molecule has 0 amide bonds. The summed E-state index contributed by atoms with van der Waals surface area (Å²) < 4.78 is 44.3. The van der Waals surface area contributed by atoms with Gasteiger partial charge in [0, 0.05) is 10.4 Å². The summed E-state index contributed by atoms with van der Waals surface area (Å²) in [5.74, 6) is -4.14. The Labute approximate surface area is 121 Å². The third kappa shape index (κ3) is 2.55. The number of benzene rings is 1. The van der Waals surface area contributed by atoms with E-state index in [0.717, 1.165) is 17.0 Å². The normalized spacial score (nSPS) is 12.6. The average Bonchev–Trinajstić information content (AvgIpc) is 3.14. The van der Waals surface area contributed by atoms with Gasteiger partial charge in [-0.2, -0.15) is 4.98 Å². The average molecular weight is 311 g/mol. The van der Waals surface area contributed by atoms with Crippen molar-refractivity contribution in [1.82, 2.24) is 10.1 Å². The first-order valence-corrected chi connectivity index (χ1v) is 6.71. The van der Waals surface area contributed by atoms with Crippen molar-refractivity contribution >= 4 is 11.3 Å². The van der Waals surface area contributed by atoms with Gasteiger partial charge in [0.2, 0.25) is 11.7 Å². The summed E-state index contributed by atoms with van der Waals surface area (Å²) in [6.45, 7) is 0. The standard InChI is InChI=1S/C13H8F3N3OS/c14-7-4-6(5-8(15)10(7)16)12-18-13(20-19-12)11(17)9-2-1-3-21-9/h1-5,11H,17H2. The Hall–Kier alpha value is -2.19. The van der Waals surface area contributed by atoms with Gasteiger partial charge in [0.05, 0.1) is 0 Å². The van der Waals surface area contributed by atoms with Crippen molar-refractivity contribution in [2.45, 2.75) is 6.04 Å². The smallest absolute Gasteiger partial charge is 0.249 e. The van der Waals surface area contributed by atoms with Crippen molar-refractivity contribution < 1.29 is 17.7 Å². The first-order chi connectivity index (χ1) is 10.1. The molecule has 8 heteroatoms. The second kappa shape index (κ2) is 5.30. The summed E-state index contributed by atoms with van der Waals surface area (Å²) in [6, 6.07) is 4.59. The summed E-state index contributed by atoms with van der Waals surface area (Å²) in [5, 5.41) is 5.46. The maximum Gasteiger partial charge on any atom is 0.249 e. The van der Waals surface area contributed by atoms with E-state index >= 15 is 0 Å². The van der Waals surface area contributed by atoms with Crippen molar-refractivity contribution in [3.63, 3.8) is 0 Å². The molecule has 0 aliphatic rings. The Bertz CT molecular complexity index is 750. The zero-order chi connectivity index (χ0) is 15.0. The Kier molecular flexibility index (Phi) is 3.48. The van der Waals surface area contributed by atoms with E-state index < -0.39 is 23.5 Å². The molecule has 1 unspecified atom stereocenters. The molecule has 0 saturated carbocycles. The van der Waals surface area contributed by atoms with Gasteiger partial charge in [-0.05, 0) is 23.6 Å². The number of rotatable bonds is 3. The van der Waals surface area contributed by atoms with Crippen LogP contribution < -0.4 is 5.73 Å². The quantitative estimate of drug-likeness (QED) is 0.754. The topological polar surface area (TPSA) is 64.9 Å². The maximum absolute atomic E-state index is 13.2. The molecule has 2 heterocycles. The number of nitrogens with zero attached hydrogens (tertiary/aromatic N) is 2. The Morgan fingerprint density at radius 2 is 1.90 bits per heavy atom. The number of hydrogen-bond acceptors (Lipinski definition) is 5. The lowest BCUT2D eigenvalue weighted by atomic mass is 10.2. The number of aromatic nitrogens is 2. The van der Waals surface area contributed by atoms with Crippen molar-refractivity contribution in [3.8, 4) is 11.4 Å². The molecule has 0 spiro atoms. The van der Waals surface area contributed by atoms with E-state index in [4.69, 9.17) is 10.3 Å². The van der Waals surface area contributed by atoms with Crippen LogP contribution in [0.5, 0.6) is 0 Å². The van der Waals surface area contributed by atoms with Crippen LogP contribution in [0, 0.1) is 17.5 Å². The third-order valence-electron chi connectivity index (χ3n) is 2.80. The predicted octanol–water partition coefficient (Wildman–Crippen LogP) is 3.26. The van der Waals surface area contributed by atoms with E-state index in [2.05, 4.69) is 10.1 Å². The van der Waals surface area contributed by atoms with Crippen LogP contribution in [0.4, 0.5) is 13.2 Å². The highest BCUT2D eigenvalue weighted by Crippen LogP contribution is 2.26. The van der Waals surface area contributed by atoms with Gasteiger partial charge in [0.1, 0.15) is 6.04 Å². The van der Waals surface area contributed by atoms with Crippen LogP contribution >= 0.6 is 11.3 Å². The molecular weight excluding hydrogens is 303 g/mol. The number of hydrogen-bond donors (Lipinski definition) is 1. The van der Waals surface area contributed by atoms with Gasteiger partial charge in [0.25, 0.3) is 0 Å². The van der Waals surface area contributed by atoms with Gasteiger partial charge in [-0.25, -0.2) is 13.2 Å². The Morgan fingerprint density at radius 3 is 2.52 bits per heavy atom. The lowest BCUT2D eigenvalue weighted by Crippen LogP contribution is -2.10. The first kappa shape index (κ1) is 13.8. The van der Waals surface area contributed by atoms with Crippen molar-refractivity contribution in [1.29, 1.82) is 0 Å². The van der Waals surface area contributed by atoms with Gasteiger partial charge in [-0.3, -0.25) is 0 Å². The fourth-order valence-corrected chi connectivity index (χ4v) is 2.47. The molecule has 0 fully saturated rings. The molecular formula is C13H8F3N3OS. The fraction of sp³-hybridized carbons (Fsp3) is 0.0769. The van der Waals surface area contributed by atoms with Crippen LogP contribution in [0.15, 0.2) is 34.2 Å². The SMILES string of the molecule is NC(c1nc(-c2cc(F)c(F)c(F)c2)no1)c1cccs1. The number of halogens is 3. The van der Waals surface area contributed by atoms with E-state index in [0.29, 0.717) is 0 Å². The van der Waals surface area contributed by atoms with E-state index in [1.807, 2.05) is 11.4 Å². The van der Waals surface area contributed by atoms with Crippen LogP contribution in [-0.4, -0.2) is 10.1 Å². The molecule has 4 nitrogen and oxygen atoms in total. The molecule has 2 N–H and O–H groups in total. The largest absolute Gasteiger partial charge is 0.337 e. The predicted molar refractivity (Wildman–Crippen MR) is 70.0 cm³/mol. The Morgan fingerprint density at radius 1 is 1.19 bits per heavy atom. The van der Waals surface area contributed by atoms with Gasteiger partial charge in [0.15, 0.2) is 17.5 Å². The van der Waals surface area contributed by atoms with Gasteiger partial charge < -0.3 is 10.3 Å². The second-order valence-electron chi connectivity index (χ2n) is 4.20. The molecule has 108 valence electrons. The zero-order valence-electron chi connectivity index (χ0n) is 10.4. The number of nitrogens with two attached hydrogens (primary N) is 1. The molecule has 0 aliphatic heterocycles. The van der Waals surface area contributed by atoms with E-state index in [-0.39, 0.29) is 17.3 Å². The minimum atomic E-state index is -1.54. The molecule has 0 bridgehead atoms. The lowest BCUT2D eigenvalue weighted by Gasteiger charge is -2.02. The highest BCUT2D eigenvalue weighted by molar-refractivity contribution is 7.10. The van der Waals surface area contributed by atoms with Crippen LogP contribution in [0.3, 0.4) is 0 Å². The van der Waals surface area contributed by atoms with Crippen LogP contribution in [-0.2, 0) is 0 Å². The van der Waals surface area contributed by atoms with Crippen molar-refractivity contribution in [2.75, 3.05) is 0 Å². The van der Waals surface area contributed by atoms with Crippen LogP contribution in [0.2, 0.25) is 0 Å². The van der Waals surface area contributed by atoms with Crippen LogP contribution in [0.25, 0.3) is 11.4 Å². The fourth-order valence-electron chi connectivity index (χ4n) is 1.75. The summed E-state index contributed by atoms with van der Waals surface area (Å²) in [6.07, 6.45) is 0. The second-order valence-corrected chi connectivity index (χ2v) is 5.18. The minimum Gasteiger partial charge on any atom is -0.337 e. The molecule has 1 aromatic carbocycles. The lowest BCUT2D eigenvalue weighted by molar-refractivity contribution is 0.368. The molecule has 3 rings (SSSR count). The third-order valence-corrected chi connectivity index (χ3v) is 3.75. The monoisotopic (exact) mass is 311 g/mol. The summed E-state index contributed by atoms with van der Waals surface area (Å²) in [5.41, 5.74) is 5.91. The van der Waals surface area contributed by atoms with Crippen molar-refractivity contribution in [3.05, 3.63) is 57.9 Å². The molecule has 21 heavy (non-hydrogen) atoms. The van der Waals surface area contributed by atoms with E-state index in [1.165, 1.54) is 11.3 Å². The molecule has 1 atom stereocenters.